The molecule has 0 unspecified atom stereocenters. The molecule has 1 N–H and O–H groups in total. The van der Waals surface area contributed by atoms with E-state index < -0.39 is 21.7 Å². The summed E-state index contributed by atoms with van der Waals surface area (Å²) in [6.07, 6.45) is 1.53. The van der Waals surface area contributed by atoms with Gasteiger partial charge in [-0.1, -0.05) is 18.2 Å². The molecule has 4 aromatic rings. The van der Waals surface area contributed by atoms with Crippen LogP contribution in [0.25, 0.3) is 10.9 Å². The Hall–Kier alpha value is -4.09. The van der Waals surface area contributed by atoms with Gasteiger partial charge in [0.15, 0.2) is 0 Å². The number of hydrogen-bond donors (Lipinski definition) is 1. The van der Waals surface area contributed by atoms with E-state index in [2.05, 4.69) is 9.71 Å². The Morgan fingerprint density at radius 2 is 1.69 bits per heavy atom. The van der Waals surface area contributed by atoms with Crippen LogP contribution in [0.4, 0.5) is 14.5 Å². The first kappa shape index (κ1) is 26.5. The molecule has 0 spiro atoms. The maximum absolute atomic E-state index is 13.5. The summed E-state index contributed by atoms with van der Waals surface area (Å²) >= 11 is 0. The van der Waals surface area contributed by atoms with Crippen molar-refractivity contribution < 1.29 is 26.7 Å². The summed E-state index contributed by atoms with van der Waals surface area (Å²) in [5.41, 5.74) is 1.43. The third kappa shape index (κ3) is 5.84. The molecule has 39 heavy (non-hydrogen) atoms. The number of methoxy groups -OCH3 is 1. The third-order valence-electron chi connectivity index (χ3n) is 6.56. The van der Waals surface area contributed by atoms with Crippen molar-refractivity contribution in [3.8, 4) is 5.75 Å². The highest BCUT2D eigenvalue weighted by molar-refractivity contribution is 7.93. The van der Waals surface area contributed by atoms with Crippen LogP contribution in [0.5, 0.6) is 5.75 Å². The van der Waals surface area contributed by atoms with Gasteiger partial charge >= 0.3 is 0 Å². The SMILES string of the molecule is COc1cc(NS(=O)(=O)c2cccc3cccnc23)ccc1C(=O)N1CCN(Cc2cc(F)cc(F)c2)CC1. The number of piperazine rings is 1. The molecule has 0 saturated carbocycles. The maximum atomic E-state index is 13.5. The smallest absolute Gasteiger partial charge is 0.264 e. The van der Waals surface area contributed by atoms with Gasteiger partial charge < -0.3 is 9.64 Å². The molecule has 0 aliphatic carbocycles. The number of amides is 1. The van der Waals surface area contributed by atoms with E-state index in [9.17, 15) is 22.0 Å². The van der Waals surface area contributed by atoms with Crippen molar-refractivity contribution in [1.29, 1.82) is 0 Å². The average molecular weight is 553 g/mol. The number of aromatic nitrogens is 1. The summed E-state index contributed by atoms with van der Waals surface area (Å²) in [6, 6.07) is 16.4. The Balaban J connectivity index is 1.28. The van der Waals surface area contributed by atoms with Gasteiger partial charge in [0.2, 0.25) is 0 Å². The number of carbonyl (C=O) groups is 1. The number of para-hydroxylation sites is 1. The first-order chi connectivity index (χ1) is 18.7. The lowest BCUT2D eigenvalue weighted by Gasteiger charge is -2.35. The van der Waals surface area contributed by atoms with E-state index in [-0.39, 0.29) is 22.2 Å². The monoisotopic (exact) mass is 552 g/mol. The van der Waals surface area contributed by atoms with Crippen molar-refractivity contribution in [2.45, 2.75) is 11.4 Å². The lowest BCUT2D eigenvalue weighted by atomic mass is 10.1. The third-order valence-corrected chi connectivity index (χ3v) is 7.97. The Morgan fingerprint density at radius 1 is 0.974 bits per heavy atom. The molecule has 0 radical (unpaired) electrons. The van der Waals surface area contributed by atoms with Crippen LogP contribution in [0.2, 0.25) is 0 Å². The molecule has 8 nitrogen and oxygen atoms in total. The van der Waals surface area contributed by atoms with Crippen LogP contribution in [0.1, 0.15) is 15.9 Å². The van der Waals surface area contributed by atoms with E-state index in [1.54, 1.807) is 29.2 Å². The Morgan fingerprint density at radius 3 is 2.41 bits per heavy atom. The Kier molecular flexibility index (Phi) is 7.45. The van der Waals surface area contributed by atoms with Crippen LogP contribution < -0.4 is 9.46 Å². The molecule has 11 heteroatoms. The second kappa shape index (κ2) is 11.0. The predicted octanol–water partition coefficient (Wildman–Crippen LogP) is 4.28. The number of carbonyl (C=O) groups excluding carboxylic acids is 1. The zero-order chi connectivity index (χ0) is 27.6. The van der Waals surface area contributed by atoms with Crippen LogP contribution in [-0.2, 0) is 16.6 Å². The number of anilines is 1. The largest absolute Gasteiger partial charge is 0.496 e. The lowest BCUT2D eigenvalue weighted by molar-refractivity contribution is 0.0625. The van der Waals surface area contributed by atoms with Crippen LogP contribution in [0, 0.1) is 11.6 Å². The number of pyridine rings is 1. The number of ether oxygens (including phenoxy) is 1. The molecule has 3 aromatic carbocycles. The molecule has 5 rings (SSSR count). The molecule has 1 fully saturated rings. The molecule has 1 aromatic heterocycles. The average Bonchev–Trinajstić information content (AvgIpc) is 2.92. The van der Waals surface area contributed by atoms with Gasteiger partial charge in [-0.3, -0.25) is 19.4 Å². The molecule has 1 aliphatic rings. The summed E-state index contributed by atoms with van der Waals surface area (Å²) < 4.78 is 61.3. The van der Waals surface area contributed by atoms with Gasteiger partial charge in [-0.15, -0.1) is 0 Å². The highest BCUT2D eigenvalue weighted by Gasteiger charge is 2.26. The van der Waals surface area contributed by atoms with Gasteiger partial charge in [-0.2, -0.15) is 0 Å². The van der Waals surface area contributed by atoms with Crippen LogP contribution in [0.3, 0.4) is 0 Å². The summed E-state index contributed by atoms with van der Waals surface area (Å²) in [7, 11) is -2.56. The molecule has 2 heterocycles. The molecule has 1 aliphatic heterocycles. The fourth-order valence-electron chi connectivity index (χ4n) is 4.67. The minimum absolute atomic E-state index is 0.0403. The van der Waals surface area contributed by atoms with Gasteiger partial charge in [0.25, 0.3) is 15.9 Å². The summed E-state index contributed by atoms with van der Waals surface area (Å²) in [5, 5.41) is 0.696. The van der Waals surface area contributed by atoms with Crippen LogP contribution >= 0.6 is 0 Å². The molecule has 0 bridgehead atoms. The quantitative estimate of drug-likeness (QED) is 0.368. The standard InChI is InChI=1S/C28H26F2N4O4S/c1-38-25-17-23(32-39(36,37)26-6-2-4-20-5-3-9-31-27(20)26)7-8-24(25)28(35)34-12-10-33(11-13-34)18-19-14-21(29)16-22(30)15-19/h2-9,14-17,32H,10-13,18H2,1H3. The highest BCUT2D eigenvalue weighted by Crippen LogP contribution is 2.28. The zero-order valence-corrected chi connectivity index (χ0v) is 21.9. The topological polar surface area (TPSA) is 91.8 Å². The van der Waals surface area contributed by atoms with E-state index in [4.69, 9.17) is 4.74 Å². The van der Waals surface area contributed by atoms with E-state index in [1.807, 2.05) is 4.90 Å². The Bertz CT molecular complexity index is 1610. The van der Waals surface area contributed by atoms with Crippen molar-refractivity contribution in [1.82, 2.24) is 14.8 Å². The van der Waals surface area contributed by atoms with Crippen molar-refractivity contribution in [2.24, 2.45) is 0 Å². The van der Waals surface area contributed by atoms with Gasteiger partial charge in [0.1, 0.15) is 22.3 Å². The van der Waals surface area contributed by atoms with Crippen molar-refractivity contribution >= 4 is 32.5 Å². The van der Waals surface area contributed by atoms with Crippen LogP contribution in [-0.4, -0.2) is 62.4 Å². The summed E-state index contributed by atoms with van der Waals surface area (Å²) in [6.45, 7) is 2.28. The van der Waals surface area contributed by atoms with E-state index in [1.165, 1.54) is 49.7 Å². The molecular weight excluding hydrogens is 526 g/mol. The zero-order valence-electron chi connectivity index (χ0n) is 21.1. The molecular formula is C28H26F2N4O4S. The number of rotatable bonds is 7. The molecule has 1 saturated heterocycles. The lowest BCUT2D eigenvalue weighted by Crippen LogP contribution is -2.48. The van der Waals surface area contributed by atoms with Gasteiger partial charge in [0, 0.05) is 56.4 Å². The minimum Gasteiger partial charge on any atom is -0.496 e. The maximum Gasteiger partial charge on any atom is 0.264 e. The summed E-state index contributed by atoms with van der Waals surface area (Å²) in [5.74, 6) is -1.26. The van der Waals surface area contributed by atoms with Crippen LogP contribution in [0.15, 0.2) is 77.8 Å². The van der Waals surface area contributed by atoms with Gasteiger partial charge in [-0.25, -0.2) is 17.2 Å². The number of nitrogens with zero attached hydrogens (tertiary/aromatic N) is 3. The van der Waals surface area contributed by atoms with Crippen molar-refractivity contribution in [3.63, 3.8) is 0 Å². The van der Waals surface area contributed by atoms with E-state index in [0.29, 0.717) is 54.8 Å². The van der Waals surface area contributed by atoms with E-state index >= 15 is 0 Å². The molecule has 1 amide bonds. The highest BCUT2D eigenvalue weighted by atomic mass is 32.2. The predicted molar refractivity (Wildman–Crippen MR) is 143 cm³/mol. The van der Waals surface area contributed by atoms with Crippen molar-refractivity contribution in [3.05, 3.63) is 95.7 Å². The number of nitrogens with one attached hydrogen (secondary N) is 1. The number of hydrogen-bond acceptors (Lipinski definition) is 6. The van der Waals surface area contributed by atoms with E-state index in [0.717, 1.165) is 6.07 Å². The molecule has 0 atom stereocenters. The number of benzene rings is 3. The number of sulfonamides is 1. The van der Waals surface area contributed by atoms with Gasteiger partial charge in [0.05, 0.1) is 23.9 Å². The normalized spacial score (nSPS) is 14.4. The van der Waals surface area contributed by atoms with Gasteiger partial charge in [-0.05, 0) is 42.0 Å². The number of fused-ring (bicyclic) bond motifs is 1. The Labute approximate surface area is 224 Å². The fraction of sp³-hybridized carbons (Fsp3) is 0.214. The molecule has 202 valence electrons. The minimum atomic E-state index is -3.97. The first-order valence-corrected chi connectivity index (χ1v) is 13.7. The van der Waals surface area contributed by atoms with Crippen molar-refractivity contribution in [2.75, 3.05) is 38.0 Å². The fourth-order valence-corrected chi connectivity index (χ4v) is 5.90. The summed E-state index contributed by atoms with van der Waals surface area (Å²) in [4.78, 5) is 21.2. The second-order valence-electron chi connectivity index (χ2n) is 9.20. The second-order valence-corrected chi connectivity index (χ2v) is 10.8. The number of halogens is 2. The first-order valence-electron chi connectivity index (χ1n) is 12.2.